The monoisotopic (exact) mass is 445 g/mol. The number of methoxy groups -OCH3 is 1. The summed E-state index contributed by atoms with van der Waals surface area (Å²) in [5.41, 5.74) is 3.25. The number of ether oxygens (including phenoxy) is 1. The average Bonchev–Trinajstić information content (AvgIpc) is 3.36. The number of nitrogens with one attached hydrogen (secondary N) is 2. The van der Waals surface area contributed by atoms with E-state index in [0.29, 0.717) is 12.8 Å². The fourth-order valence-corrected chi connectivity index (χ4v) is 5.58. The van der Waals surface area contributed by atoms with Crippen LogP contribution in [-0.4, -0.2) is 46.9 Å². The molecule has 6 heteroatoms. The Morgan fingerprint density at radius 2 is 1.94 bits per heavy atom. The molecule has 33 heavy (non-hydrogen) atoms. The van der Waals surface area contributed by atoms with Gasteiger partial charge in [-0.25, -0.2) is 0 Å². The van der Waals surface area contributed by atoms with Crippen molar-refractivity contribution in [3.63, 3.8) is 0 Å². The first kappa shape index (κ1) is 21.6. The molecule has 6 nitrogen and oxygen atoms in total. The Labute approximate surface area is 194 Å². The molecule has 172 valence electrons. The topological polar surface area (TPSA) is 74.4 Å². The van der Waals surface area contributed by atoms with Crippen molar-refractivity contribution in [3.05, 3.63) is 65.9 Å². The maximum absolute atomic E-state index is 13.8. The lowest BCUT2D eigenvalue weighted by atomic mass is 9.97. The van der Waals surface area contributed by atoms with Crippen LogP contribution in [0.1, 0.15) is 43.2 Å². The Kier molecular flexibility index (Phi) is 6.07. The Balaban J connectivity index is 1.42. The van der Waals surface area contributed by atoms with Crippen LogP contribution >= 0.6 is 0 Å². The van der Waals surface area contributed by atoms with E-state index in [4.69, 9.17) is 4.74 Å². The smallest absolute Gasteiger partial charge is 0.227 e. The van der Waals surface area contributed by atoms with Crippen LogP contribution in [0.15, 0.2) is 54.7 Å². The first-order chi connectivity index (χ1) is 16.1. The molecule has 2 aromatic carbocycles. The highest BCUT2D eigenvalue weighted by molar-refractivity contribution is 5.89. The summed E-state index contributed by atoms with van der Waals surface area (Å²) in [7, 11) is 1.66. The van der Waals surface area contributed by atoms with Crippen molar-refractivity contribution in [3.8, 4) is 5.75 Å². The molecule has 2 fully saturated rings. The van der Waals surface area contributed by atoms with Crippen LogP contribution in [0.2, 0.25) is 0 Å². The molecule has 5 rings (SSSR count). The minimum Gasteiger partial charge on any atom is -0.497 e. The second-order valence-electron chi connectivity index (χ2n) is 9.27. The number of H-pyrrole nitrogens is 1. The molecule has 3 atom stereocenters. The number of para-hydroxylation sites is 1. The van der Waals surface area contributed by atoms with Crippen molar-refractivity contribution in [2.45, 2.75) is 63.1 Å². The van der Waals surface area contributed by atoms with E-state index >= 15 is 0 Å². The Hall–Kier alpha value is -3.28. The van der Waals surface area contributed by atoms with Gasteiger partial charge in [0.05, 0.1) is 25.6 Å². The highest BCUT2D eigenvalue weighted by atomic mass is 16.5. The number of hydrogen-bond acceptors (Lipinski definition) is 3. The predicted molar refractivity (Wildman–Crippen MR) is 128 cm³/mol. The highest BCUT2D eigenvalue weighted by Crippen LogP contribution is 2.33. The molecule has 2 N–H and O–H groups in total. The van der Waals surface area contributed by atoms with E-state index in [9.17, 15) is 9.59 Å². The highest BCUT2D eigenvalue weighted by Gasteiger charge is 2.44. The van der Waals surface area contributed by atoms with Crippen LogP contribution in [0.25, 0.3) is 10.9 Å². The normalized spacial score (nSPS) is 23.0. The molecule has 3 heterocycles. The van der Waals surface area contributed by atoms with Crippen LogP contribution in [0.5, 0.6) is 5.75 Å². The van der Waals surface area contributed by atoms with Crippen molar-refractivity contribution >= 4 is 22.7 Å². The van der Waals surface area contributed by atoms with Gasteiger partial charge in [-0.05, 0) is 55.0 Å². The van der Waals surface area contributed by atoms with Crippen LogP contribution in [-0.2, 0) is 22.4 Å². The quantitative estimate of drug-likeness (QED) is 0.624. The zero-order valence-electron chi connectivity index (χ0n) is 19.0. The predicted octanol–water partition coefficient (Wildman–Crippen LogP) is 3.99. The number of fused-ring (bicyclic) bond motifs is 2. The van der Waals surface area contributed by atoms with Crippen LogP contribution in [0, 0.1) is 0 Å². The second-order valence-corrected chi connectivity index (χ2v) is 9.27. The van der Waals surface area contributed by atoms with E-state index in [-0.39, 0.29) is 29.9 Å². The fraction of sp³-hybridized carbons (Fsp3) is 0.407. The number of aromatic amines is 1. The van der Waals surface area contributed by atoms with E-state index in [1.54, 1.807) is 7.11 Å². The Morgan fingerprint density at radius 1 is 1.12 bits per heavy atom. The van der Waals surface area contributed by atoms with Gasteiger partial charge in [-0.2, -0.15) is 0 Å². The summed E-state index contributed by atoms with van der Waals surface area (Å²) in [5.74, 6) is 1.07. The number of aromatic nitrogens is 1. The minimum atomic E-state index is 0.0213. The Morgan fingerprint density at radius 3 is 2.76 bits per heavy atom. The van der Waals surface area contributed by atoms with Crippen LogP contribution < -0.4 is 10.1 Å². The summed E-state index contributed by atoms with van der Waals surface area (Å²) in [4.78, 5) is 31.5. The maximum Gasteiger partial charge on any atom is 0.227 e. The fourth-order valence-electron chi connectivity index (χ4n) is 5.58. The largest absolute Gasteiger partial charge is 0.497 e. The van der Waals surface area contributed by atoms with Gasteiger partial charge in [0.25, 0.3) is 0 Å². The van der Waals surface area contributed by atoms with Crippen molar-refractivity contribution in [1.82, 2.24) is 15.2 Å². The second kappa shape index (κ2) is 9.30. The molecule has 1 aromatic heterocycles. The summed E-state index contributed by atoms with van der Waals surface area (Å²) >= 11 is 0. The number of hydrogen-bond donors (Lipinski definition) is 2. The average molecular weight is 446 g/mol. The lowest BCUT2D eigenvalue weighted by Gasteiger charge is -2.33. The van der Waals surface area contributed by atoms with Gasteiger partial charge in [0.1, 0.15) is 5.75 Å². The van der Waals surface area contributed by atoms with Crippen LogP contribution in [0.3, 0.4) is 0 Å². The third kappa shape index (κ3) is 4.47. The number of benzene rings is 2. The number of carbonyl (C=O) groups excluding carboxylic acids is 2. The Bertz CT molecular complexity index is 1140. The third-order valence-corrected chi connectivity index (χ3v) is 7.18. The van der Waals surface area contributed by atoms with E-state index in [2.05, 4.69) is 33.4 Å². The SMILES string of the molecule is COc1ccc(C[C@@H]2C[C@@H]3NC(=O)CCCC[C@H]3N2C(=O)Cc2c[nH]c3ccccc23)cc1. The molecule has 0 spiro atoms. The number of likely N-dealkylation sites (tertiary alicyclic amines) is 1. The lowest BCUT2D eigenvalue weighted by Crippen LogP contribution is -2.49. The molecule has 2 aliphatic heterocycles. The molecule has 0 radical (unpaired) electrons. The van der Waals surface area contributed by atoms with Gasteiger partial charge in [0.15, 0.2) is 0 Å². The number of rotatable bonds is 5. The van der Waals surface area contributed by atoms with E-state index in [1.165, 1.54) is 5.56 Å². The van der Waals surface area contributed by atoms with Gasteiger partial charge in [0, 0.05) is 29.6 Å². The van der Waals surface area contributed by atoms with E-state index in [0.717, 1.165) is 54.3 Å². The molecular weight excluding hydrogens is 414 g/mol. The van der Waals surface area contributed by atoms with Gasteiger partial charge in [-0.1, -0.05) is 36.8 Å². The number of nitrogens with zero attached hydrogens (tertiary/aromatic N) is 1. The molecule has 3 aromatic rings. The summed E-state index contributed by atoms with van der Waals surface area (Å²) in [6, 6.07) is 16.3. The zero-order valence-corrected chi connectivity index (χ0v) is 19.0. The molecule has 0 unspecified atom stereocenters. The molecule has 0 bridgehead atoms. The van der Waals surface area contributed by atoms with Gasteiger partial charge >= 0.3 is 0 Å². The number of carbonyl (C=O) groups is 2. The molecule has 2 amide bonds. The summed E-state index contributed by atoms with van der Waals surface area (Å²) in [5, 5.41) is 4.33. The van der Waals surface area contributed by atoms with Gasteiger partial charge in [0.2, 0.25) is 11.8 Å². The van der Waals surface area contributed by atoms with E-state index < -0.39 is 0 Å². The summed E-state index contributed by atoms with van der Waals surface area (Å²) in [6.45, 7) is 0. The van der Waals surface area contributed by atoms with Crippen LogP contribution in [0.4, 0.5) is 0 Å². The van der Waals surface area contributed by atoms with Gasteiger partial charge < -0.3 is 19.9 Å². The standard InChI is InChI=1S/C27H31N3O3/c1-33-21-12-10-18(11-13-21)14-20-16-24-25(8-4-5-9-26(31)29-24)30(20)27(32)15-19-17-28-23-7-3-2-6-22(19)23/h2-3,6-7,10-13,17,20,24-25,28H,4-5,8-9,14-16H2,1H3,(H,29,31)/t20-,24+,25-/m1/s1. The van der Waals surface area contributed by atoms with Gasteiger partial charge in [-0.3, -0.25) is 9.59 Å². The maximum atomic E-state index is 13.8. The minimum absolute atomic E-state index is 0.0213. The first-order valence-corrected chi connectivity index (χ1v) is 11.9. The first-order valence-electron chi connectivity index (χ1n) is 11.9. The third-order valence-electron chi connectivity index (χ3n) is 7.18. The lowest BCUT2D eigenvalue weighted by molar-refractivity contribution is -0.134. The van der Waals surface area contributed by atoms with Crippen molar-refractivity contribution in [2.75, 3.05) is 7.11 Å². The number of amides is 2. The summed E-state index contributed by atoms with van der Waals surface area (Å²) < 4.78 is 5.29. The van der Waals surface area contributed by atoms with Crippen molar-refractivity contribution in [1.29, 1.82) is 0 Å². The molecular formula is C27H31N3O3. The summed E-state index contributed by atoms with van der Waals surface area (Å²) in [6.07, 6.45) is 7.24. The molecule has 0 saturated carbocycles. The van der Waals surface area contributed by atoms with Gasteiger partial charge in [-0.15, -0.1) is 0 Å². The van der Waals surface area contributed by atoms with Crippen molar-refractivity contribution in [2.24, 2.45) is 0 Å². The van der Waals surface area contributed by atoms with Crippen molar-refractivity contribution < 1.29 is 14.3 Å². The molecule has 0 aliphatic carbocycles. The van der Waals surface area contributed by atoms with E-state index in [1.807, 2.05) is 36.5 Å². The molecule has 2 aliphatic rings. The molecule has 2 saturated heterocycles. The zero-order chi connectivity index (χ0) is 22.8.